The van der Waals surface area contributed by atoms with Crippen LogP contribution in [0.15, 0.2) is 48.6 Å². The van der Waals surface area contributed by atoms with Gasteiger partial charge in [0, 0.05) is 12.7 Å². The summed E-state index contributed by atoms with van der Waals surface area (Å²) < 4.78 is 19.4. The van der Waals surface area contributed by atoms with Crippen molar-refractivity contribution >= 4 is 0 Å². The molecule has 3 heteroatoms. The Balaban J connectivity index is 1.27. The summed E-state index contributed by atoms with van der Waals surface area (Å²) in [5.74, 6) is 2.00. The Morgan fingerprint density at radius 3 is 2.31 bits per heavy atom. The minimum absolute atomic E-state index is 0.148. The summed E-state index contributed by atoms with van der Waals surface area (Å²) in [6.45, 7) is 0.928. The molecular formula is C26H34FNO. The number of nitriles is 1. The standard InChI is InChI=1S/C26H34FNO/c27-25-15-11-23(12-16-25)24-13-17-26(18-14-24)29-20-22-9-7-21(8-10-22)6-4-2-1-3-5-19-28/h1-3,5,11-12,15-16,21-22,24,26H,4,6-10,13-14,17-18,20H2. The molecule has 2 fully saturated rings. The first kappa shape index (κ1) is 21.8. The van der Waals surface area contributed by atoms with Crippen LogP contribution in [0.3, 0.4) is 0 Å². The third-order valence-corrected chi connectivity index (χ3v) is 6.71. The Labute approximate surface area is 175 Å². The number of halogens is 1. The van der Waals surface area contributed by atoms with Gasteiger partial charge in [-0.3, -0.25) is 0 Å². The Morgan fingerprint density at radius 1 is 0.931 bits per heavy atom. The maximum atomic E-state index is 13.1. The summed E-state index contributed by atoms with van der Waals surface area (Å²) in [5, 5.41) is 8.45. The van der Waals surface area contributed by atoms with Gasteiger partial charge in [0.2, 0.25) is 0 Å². The molecular weight excluding hydrogens is 361 g/mol. The molecule has 0 saturated heterocycles. The quantitative estimate of drug-likeness (QED) is 0.348. The number of hydrogen-bond donors (Lipinski definition) is 0. The fourth-order valence-electron chi connectivity index (χ4n) is 4.86. The van der Waals surface area contributed by atoms with Crippen LogP contribution in [0, 0.1) is 29.0 Å². The van der Waals surface area contributed by atoms with Gasteiger partial charge in [-0.15, -0.1) is 0 Å². The van der Waals surface area contributed by atoms with Gasteiger partial charge in [0.05, 0.1) is 12.2 Å². The van der Waals surface area contributed by atoms with Crippen molar-refractivity contribution in [1.29, 1.82) is 5.26 Å². The van der Waals surface area contributed by atoms with Crippen LogP contribution in [0.25, 0.3) is 0 Å². The highest BCUT2D eigenvalue weighted by Gasteiger charge is 2.25. The van der Waals surface area contributed by atoms with Crippen LogP contribution in [0.5, 0.6) is 0 Å². The van der Waals surface area contributed by atoms with E-state index in [9.17, 15) is 4.39 Å². The number of ether oxygens (including phenoxy) is 1. The average Bonchev–Trinajstić information content (AvgIpc) is 2.76. The van der Waals surface area contributed by atoms with Crippen LogP contribution in [0.2, 0.25) is 0 Å². The second-order valence-electron chi connectivity index (χ2n) is 8.74. The Hall–Kier alpha value is -1.92. The summed E-state index contributed by atoms with van der Waals surface area (Å²) in [6, 6.07) is 9.05. The highest BCUT2D eigenvalue weighted by atomic mass is 19.1. The molecule has 0 spiro atoms. The van der Waals surface area contributed by atoms with Gasteiger partial charge in [-0.05, 0) is 86.8 Å². The molecule has 0 aromatic heterocycles. The van der Waals surface area contributed by atoms with Gasteiger partial charge in [-0.2, -0.15) is 5.26 Å². The lowest BCUT2D eigenvalue weighted by molar-refractivity contribution is -0.00475. The first-order valence-corrected chi connectivity index (χ1v) is 11.3. The van der Waals surface area contributed by atoms with Crippen molar-refractivity contribution in [1.82, 2.24) is 0 Å². The molecule has 0 amide bonds. The zero-order valence-corrected chi connectivity index (χ0v) is 17.4. The molecule has 0 heterocycles. The smallest absolute Gasteiger partial charge is 0.123 e. The van der Waals surface area contributed by atoms with Gasteiger partial charge in [-0.25, -0.2) is 4.39 Å². The largest absolute Gasteiger partial charge is 0.378 e. The lowest BCUT2D eigenvalue weighted by Crippen LogP contribution is -2.25. The second-order valence-corrected chi connectivity index (χ2v) is 8.74. The highest BCUT2D eigenvalue weighted by Crippen LogP contribution is 2.36. The van der Waals surface area contributed by atoms with Crippen molar-refractivity contribution < 1.29 is 9.13 Å². The topological polar surface area (TPSA) is 33.0 Å². The highest BCUT2D eigenvalue weighted by molar-refractivity contribution is 5.21. The summed E-state index contributed by atoms with van der Waals surface area (Å²) in [7, 11) is 0. The van der Waals surface area contributed by atoms with E-state index in [4.69, 9.17) is 10.00 Å². The summed E-state index contributed by atoms with van der Waals surface area (Å²) in [6.07, 6.45) is 20.1. The zero-order chi connectivity index (χ0) is 20.3. The molecule has 1 aromatic carbocycles. The van der Waals surface area contributed by atoms with Crippen molar-refractivity contribution in [3.63, 3.8) is 0 Å². The summed E-state index contributed by atoms with van der Waals surface area (Å²) >= 11 is 0. The molecule has 2 saturated carbocycles. The van der Waals surface area contributed by atoms with Crippen molar-refractivity contribution in [2.45, 2.75) is 76.2 Å². The van der Waals surface area contributed by atoms with Crippen LogP contribution in [0.4, 0.5) is 4.39 Å². The van der Waals surface area contributed by atoms with E-state index in [1.165, 1.54) is 43.7 Å². The molecule has 0 unspecified atom stereocenters. The van der Waals surface area contributed by atoms with E-state index in [2.05, 4.69) is 6.08 Å². The summed E-state index contributed by atoms with van der Waals surface area (Å²) in [4.78, 5) is 0. The van der Waals surface area contributed by atoms with Crippen LogP contribution in [-0.4, -0.2) is 12.7 Å². The van der Waals surface area contributed by atoms with Gasteiger partial charge in [0.1, 0.15) is 5.82 Å². The van der Waals surface area contributed by atoms with E-state index >= 15 is 0 Å². The summed E-state index contributed by atoms with van der Waals surface area (Å²) in [5.41, 5.74) is 1.28. The molecule has 0 bridgehead atoms. The Kier molecular flexibility index (Phi) is 8.96. The first-order chi connectivity index (χ1) is 14.2. The van der Waals surface area contributed by atoms with Gasteiger partial charge in [0.15, 0.2) is 0 Å². The zero-order valence-electron chi connectivity index (χ0n) is 17.4. The second kappa shape index (κ2) is 11.9. The number of hydrogen-bond acceptors (Lipinski definition) is 2. The normalized spacial score (nSPS) is 28.0. The number of rotatable bonds is 8. The van der Waals surface area contributed by atoms with E-state index in [0.717, 1.165) is 50.5 Å². The Morgan fingerprint density at radius 2 is 1.62 bits per heavy atom. The predicted molar refractivity (Wildman–Crippen MR) is 116 cm³/mol. The molecule has 0 atom stereocenters. The van der Waals surface area contributed by atoms with Crippen LogP contribution < -0.4 is 0 Å². The molecule has 2 aliphatic carbocycles. The van der Waals surface area contributed by atoms with Gasteiger partial charge in [-0.1, -0.05) is 43.2 Å². The fourth-order valence-corrected chi connectivity index (χ4v) is 4.86. The van der Waals surface area contributed by atoms with E-state index < -0.39 is 0 Å². The maximum absolute atomic E-state index is 13.1. The van der Waals surface area contributed by atoms with Crippen molar-refractivity contribution in [3.8, 4) is 6.07 Å². The van der Waals surface area contributed by atoms with Gasteiger partial charge >= 0.3 is 0 Å². The van der Waals surface area contributed by atoms with E-state index in [1.54, 1.807) is 18.2 Å². The SMILES string of the molecule is N#CC=CC=CCCC1CCC(COC2CCC(c3ccc(F)cc3)CC2)CC1. The van der Waals surface area contributed by atoms with Crippen molar-refractivity contribution in [2.75, 3.05) is 6.61 Å². The van der Waals surface area contributed by atoms with Gasteiger partial charge < -0.3 is 4.74 Å². The third kappa shape index (κ3) is 7.44. The Bertz CT molecular complexity index is 686. The fraction of sp³-hybridized carbons (Fsp3) is 0.577. The number of nitrogens with zero attached hydrogens (tertiary/aromatic N) is 1. The van der Waals surface area contributed by atoms with Crippen LogP contribution >= 0.6 is 0 Å². The lowest BCUT2D eigenvalue weighted by atomic mass is 9.80. The molecule has 2 nitrogen and oxygen atoms in total. The molecule has 156 valence electrons. The first-order valence-electron chi connectivity index (χ1n) is 11.3. The number of allylic oxidation sites excluding steroid dienone is 4. The molecule has 2 aliphatic rings. The van der Waals surface area contributed by atoms with Gasteiger partial charge in [0.25, 0.3) is 0 Å². The molecule has 3 rings (SSSR count). The molecule has 0 aliphatic heterocycles. The van der Waals surface area contributed by atoms with Crippen LogP contribution in [0.1, 0.15) is 75.7 Å². The molecule has 0 radical (unpaired) electrons. The monoisotopic (exact) mass is 395 g/mol. The average molecular weight is 396 g/mol. The third-order valence-electron chi connectivity index (χ3n) is 6.71. The minimum Gasteiger partial charge on any atom is -0.378 e. The van der Waals surface area contributed by atoms with Crippen molar-refractivity contribution in [2.24, 2.45) is 11.8 Å². The predicted octanol–water partition coefficient (Wildman–Crippen LogP) is 7.09. The van der Waals surface area contributed by atoms with Crippen molar-refractivity contribution in [3.05, 3.63) is 60.0 Å². The molecule has 29 heavy (non-hydrogen) atoms. The van der Waals surface area contributed by atoms with E-state index in [0.29, 0.717) is 12.0 Å². The minimum atomic E-state index is -0.148. The lowest BCUT2D eigenvalue weighted by Gasteiger charge is -2.32. The number of benzene rings is 1. The van der Waals surface area contributed by atoms with E-state index in [-0.39, 0.29) is 5.82 Å². The van der Waals surface area contributed by atoms with Crippen LogP contribution in [-0.2, 0) is 4.74 Å². The van der Waals surface area contributed by atoms with E-state index in [1.807, 2.05) is 24.3 Å². The maximum Gasteiger partial charge on any atom is 0.123 e. The molecule has 1 aromatic rings. The molecule has 0 N–H and O–H groups in total.